The molecule has 3 N–H and O–H groups in total. The van der Waals surface area contributed by atoms with Gasteiger partial charge in [0.05, 0.1) is 5.54 Å². The maximum atomic E-state index is 12.1. The summed E-state index contributed by atoms with van der Waals surface area (Å²) in [6.07, 6.45) is 2.40. The van der Waals surface area contributed by atoms with E-state index in [1.807, 2.05) is 26.0 Å². The number of nitrogens with two attached hydrogens (primary N) is 1. The highest BCUT2D eigenvalue weighted by molar-refractivity contribution is 9.10. The van der Waals surface area contributed by atoms with Crippen LogP contribution in [0.3, 0.4) is 0 Å². The van der Waals surface area contributed by atoms with Gasteiger partial charge >= 0.3 is 0 Å². The SMILES string of the molecule is CCCC(C)(N)C(=O)NC(C)Cc1cccc(Br)c1. The fourth-order valence-corrected chi connectivity index (χ4v) is 2.54. The molecule has 1 rings (SSSR count). The lowest BCUT2D eigenvalue weighted by atomic mass is 9.95. The molecule has 106 valence electrons. The second-order valence-electron chi connectivity index (χ2n) is 5.38. The Morgan fingerprint density at radius 3 is 2.79 bits per heavy atom. The predicted octanol–water partition coefficient (Wildman–Crippen LogP) is 3.01. The normalized spacial score (nSPS) is 15.6. The number of nitrogens with one attached hydrogen (secondary N) is 1. The minimum Gasteiger partial charge on any atom is -0.352 e. The summed E-state index contributed by atoms with van der Waals surface area (Å²) in [5.41, 5.74) is 6.43. The minimum absolute atomic E-state index is 0.0709. The van der Waals surface area contributed by atoms with E-state index in [4.69, 9.17) is 5.73 Å². The van der Waals surface area contributed by atoms with Gasteiger partial charge in [-0.1, -0.05) is 41.4 Å². The molecule has 4 heteroatoms. The zero-order valence-electron chi connectivity index (χ0n) is 11.9. The van der Waals surface area contributed by atoms with Gasteiger partial charge in [0.15, 0.2) is 0 Å². The third kappa shape index (κ3) is 5.33. The van der Waals surface area contributed by atoms with Gasteiger partial charge in [0.2, 0.25) is 5.91 Å². The summed E-state index contributed by atoms with van der Waals surface area (Å²) in [5, 5.41) is 2.99. The van der Waals surface area contributed by atoms with Gasteiger partial charge in [-0.3, -0.25) is 4.79 Å². The summed E-state index contributed by atoms with van der Waals surface area (Å²) < 4.78 is 1.05. The van der Waals surface area contributed by atoms with Crippen molar-refractivity contribution >= 4 is 21.8 Å². The summed E-state index contributed by atoms with van der Waals surface area (Å²) in [6.45, 7) is 5.82. The number of rotatable bonds is 6. The second kappa shape index (κ2) is 7.06. The lowest BCUT2D eigenvalue weighted by molar-refractivity contribution is -0.126. The summed E-state index contributed by atoms with van der Waals surface area (Å²) in [5.74, 6) is -0.0724. The van der Waals surface area contributed by atoms with Crippen molar-refractivity contribution in [3.8, 4) is 0 Å². The molecule has 0 heterocycles. The van der Waals surface area contributed by atoms with Crippen LogP contribution in [0.2, 0.25) is 0 Å². The quantitative estimate of drug-likeness (QED) is 0.844. The standard InChI is InChI=1S/C15H23BrN2O/c1-4-8-15(3,17)14(19)18-11(2)9-12-6-5-7-13(16)10-12/h5-7,10-11H,4,8-9,17H2,1-3H3,(H,18,19). The first kappa shape index (κ1) is 16.2. The van der Waals surface area contributed by atoms with E-state index in [2.05, 4.69) is 33.4 Å². The topological polar surface area (TPSA) is 55.1 Å². The first-order chi connectivity index (χ1) is 8.85. The van der Waals surface area contributed by atoms with Crippen molar-refractivity contribution in [2.75, 3.05) is 0 Å². The average Bonchev–Trinajstić information content (AvgIpc) is 2.28. The largest absolute Gasteiger partial charge is 0.352 e. The van der Waals surface area contributed by atoms with Gasteiger partial charge in [-0.25, -0.2) is 0 Å². The van der Waals surface area contributed by atoms with Crippen LogP contribution in [0.25, 0.3) is 0 Å². The molecule has 0 bridgehead atoms. The number of hydrogen-bond donors (Lipinski definition) is 2. The summed E-state index contributed by atoms with van der Waals surface area (Å²) in [7, 11) is 0. The molecule has 0 radical (unpaired) electrons. The van der Waals surface area contributed by atoms with Crippen molar-refractivity contribution < 1.29 is 4.79 Å². The maximum Gasteiger partial charge on any atom is 0.240 e. The zero-order valence-corrected chi connectivity index (χ0v) is 13.5. The van der Waals surface area contributed by atoms with E-state index >= 15 is 0 Å². The fraction of sp³-hybridized carbons (Fsp3) is 0.533. The van der Waals surface area contributed by atoms with Gasteiger partial charge in [0.1, 0.15) is 0 Å². The number of halogens is 1. The van der Waals surface area contributed by atoms with Crippen LogP contribution in [0.4, 0.5) is 0 Å². The molecule has 0 saturated heterocycles. The third-order valence-corrected chi connectivity index (χ3v) is 3.59. The highest BCUT2D eigenvalue weighted by Crippen LogP contribution is 2.14. The lowest BCUT2D eigenvalue weighted by Gasteiger charge is -2.25. The van der Waals surface area contributed by atoms with Gasteiger partial charge in [-0.2, -0.15) is 0 Å². The molecule has 0 fully saturated rings. The van der Waals surface area contributed by atoms with E-state index in [0.717, 1.165) is 17.3 Å². The van der Waals surface area contributed by atoms with E-state index in [-0.39, 0.29) is 11.9 Å². The van der Waals surface area contributed by atoms with Crippen molar-refractivity contribution in [3.63, 3.8) is 0 Å². The monoisotopic (exact) mass is 326 g/mol. The predicted molar refractivity (Wildman–Crippen MR) is 83.0 cm³/mol. The van der Waals surface area contributed by atoms with Crippen LogP contribution >= 0.6 is 15.9 Å². The van der Waals surface area contributed by atoms with Crippen molar-refractivity contribution in [2.45, 2.75) is 51.6 Å². The number of benzene rings is 1. The van der Waals surface area contributed by atoms with E-state index in [1.54, 1.807) is 6.92 Å². The molecule has 3 nitrogen and oxygen atoms in total. The number of carbonyl (C=O) groups excluding carboxylic acids is 1. The second-order valence-corrected chi connectivity index (χ2v) is 6.29. The third-order valence-electron chi connectivity index (χ3n) is 3.10. The average molecular weight is 327 g/mol. The molecule has 0 aliphatic heterocycles. The Kier molecular flexibility index (Phi) is 6.01. The Morgan fingerprint density at radius 1 is 1.53 bits per heavy atom. The molecular weight excluding hydrogens is 304 g/mol. The van der Waals surface area contributed by atoms with Crippen LogP contribution in [0.15, 0.2) is 28.7 Å². The highest BCUT2D eigenvalue weighted by atomic mass is 79.9. The highest BCUT2D eigenvalue weighted by Gasteiger charge is 2.27. The van der Waals surface area contributed by atoms with Crippen LogP contribution in [0, 0.1) is 0 Å². The molecule has 2 atom stereocenters. The fourth-order valence-electron chi connectivity index (χ4n) is 2.09. The van der Waals surface area contributed by atoms with Crippen LogP contribution in [-0.2, 0) is 11.2 Å². The van der Waals surface area contributed by atoms with Crippen molar-refractivity contribution in [2.24, 2.45) is 5.73 Å². The molecule has 1 aromatic rings. The minimum atomic E-state index is -0.777. The molecule has 0 aromatic heterocycles. The summed E-state index contributed by atoms with van der Waals surface area (Å²) >= 11 is 3.45. The van der Waals surface area contributed by atoms with Gasteiger partial charge in [0, 0.05) is 10.5 Å². The van der Waals surface area contributed by atoms with Gasteiger partial charge in [-0.15, -0.1) is 0 Å². The molecule has 0 aliphatic carbocycles. The van der Waals surface area contributed by atoms with E-state index in [0.29, 0.717) is 6.42 Å². The molecule has 1 aromatic carbocycles. The molecule has 0 aliphatic rings. The molecule has 0 saturated carbocycles. The Labute approximate surface area is 124 Å². The molecule has 0 spiro atoms. The first-order valence-corrected chi connectivity index (χ1v) is 7.48. The van der Waals surface area contributed by atoms with Crippen LogP contribution in [0.5, 0.6) is 0 Å². The lowest BCUT2D eigenvalue weighted by Crippen LogP contribution is -2.53. The van der Waals surface area contributed by atoms with E-state index < -0.39 is 5.54 Å². The summed E-state index contributed by atoms with van der Waals surface area (Å²) in [4.78, 5) is 12.1. The Bertz CT molecular complexity index is 432. The molecule has 1 amide bonds. The number of hydrogen-bond acceptors (Lipinski definition) is 2. The van der Waals surface area contributed by atoms with Gasteiger partial charge in [0.25, 0.3) is 0 Å². The van der Waals surface area contributed by atoms with E-state index in [9.17, 15) is 4.79 Å². The first-order valence-electron chi connectivity index (χ1n) is 6.69. The van der Waals surface area contributed by atoms with Crippen LogP contribution in [0.1, 0.15) is 39.2 Å². The van der Waals surface area contributed by atoms with E-state index in [1.165, 1.54) is 5.56 Å². The van der Waals surface area contributed by atoms with Gasteiger partial charge < -0.3 is 11.1 Å². The number of carbonyl (C=O) groups is 1. The molecular formula is C15H23BrN2O. The zero-order chi connectivity index (χ0) is 14.5. The maximum absolute atomic E-state index is 12.1. The Hall–Kier alpha value is -0.870. The molecule has 2 unspecified atom stereocenters. The summed E-state index contributed by atoms with van der Waals surface area (Å²) in [6, 6.07) is 8.18. The van der Waals surface area contributed by atoms with Crippen molar-refractivity contribution in [3.05, 3.63) is 34.3 Å². The Morgan fingerprint density at radius 2 is 2.21 bits per heavy atom. The van der Waals surface area contributed by atoms with Crippen LogP contribution in [-0.4, -0.2) is 17.5 Å². The molecule has 19 heavy (non-hydrogen) atoms. The van der Waals surface area contributed by atoms with Crippen LogP contribution < -0.4 is 11.1 Å². The van der Waals surface area contributed by atoms with Crippen molar-refractivity contribution in [1.82, 2.24) is 5.32 Å². The van der Waals surface area contributed by atoms with Crippen molar-refractivity contribution in [1.29, 1.82) is 0 Å². The Balaban J connectivity index is 2.56. The number of amides is 1. The van der Waals surface area contributed by atoms with Gasteiger partial charge in [-0.05, 0) is 44.4 Å². The smallest absolute Gasteiger partial charge is 0.240 e.